The second-order valence-electron chi connectivity index (χ2n) is 4.95. The molecule has 2 nitrogen and oxygen atoms in total. The van der Waals surface area contributed by atoms with Gasteiger partial charge in [-0.2, -0.15) is 0 Å². The van der Waals surface area contributed by atoms with Gasteiger partial charge in [-0.25, -0.2) is 8.78 Å². The predicted octanol–water partition coefficient (Wildman–Crippen LogP) is 3.34. The van der Waals surface area contributed by atoms with Crippen LogP contribution in [-0.2, 0) is 0 Å². The van der Waals surface area contributed by atoms with Crippen molar-refractivity contribution in [3.8, 4) is 0 Å². The minimum Gasteiger partial charge on any atom is -0.385 e. The summed E-state index contributed by atoms with van der Waals surface area (Å²) in [4.78, 5) is 0. The Kier molecular flexibility index (Phi) is 4.53. The summed E-state index contributed by atoms with van der Waals surface area (Å²) in [6, 6.07) is 4.81. The third-order valence-electron chi connectivity index (χ3n) is 3.53. The molecule has 1 heterocycles. The van der Waals surface area contributed by atoms with Crippen LogP contribution < -0.4 is 10.6 Å². The molecule has 1 saturated heterocycles. The molecule has 1 aromatic carbocycles. The maximum absolute atomic E-state index is 12.5. The van der Waals surface area contributed by atoms with Crippen molar-refractivity contribution in [2.45, 2.75) is 26.2 Å². The molecular formula is C14H20F2N2. The van der Waals surface area contributed by atoms with Gasteiger partial charge in [0.25, 0.3) is 6.43 Å². The monoisotopic (exact) mass is 254 g/mol. The number of anilines is 1. The molecule has 1 aliphatic heterocycles. The van der Waals surface area contributed by atoms with Crippen LogP contribution in [0.4, 0.5) is 14.5 Å². The Balaban J connectivity index is 1.85. The van der Waals surface area contributed by atoms with Crippen molar-refractivity contribution in [2.75, 3.05) is 25.0 Å². The fourth-order valence-electron chi connectivity index (χ4n) is 2.39. The molecule has 0 bridgehead atoms. The first kappa shape index (κ1) is 13.3. The molecular weight excluding hydrogens is 234 g/mol. The van der Waals surface area contributed by atoms with Gasteiger partial charge in [0.15, 0.2) is 0 Å². The van der Waals surface area contributed by atoms with Crippen molar-refractivity contribution < 1.29 is 8.78 Å². The quantitative estimate of drug-likeness (QED) is 0.842. The van der Waals surface area contributed by atoms with E-state index in [0.29, 0.717) is 0 Å². The van der Waals surface area contributed by atoms with Crippen LogP contribution in [0.15, 0.2) is 18.2 Å². The predicted molar refractivity (Wildman–Crippen MR) is 70.2 cm³/mol. The van der Waals surface area contributed by atoms with E-state index in [-0.39, 0.29) is 5.56 Å². The third kappa shape index (κ3) is 3.42. The highest BCUT2D eigenvalue weighted by molar-refractivity contribution is 5.52. The summed E-state index contributed by atoms with van der Waals surface area (Å²) < 4.78 is 25.0. The summed E-state index contributed by atoms with van der Waals surface area (Å²) in [5.41, 5.74) is 1.95. The first-order valence-electron chi connectivity index (χ1n) is 6.50. The normalized spacial score (nSPS) is 19.4. The van der Waals surface area contributed by atoms with E-state index in [0.717, 1.165) is 43.2 Å². The SMILES string of the molecule is Cc1cc(C(F)F)ccc1NCCC1CCNC1. The molecule has 0 aromatic heterocycles. The lowest BCUT2D eigenvalue weighted by Crippen LogP contribution is -2.13. The van der Waals surface area contributed by atoms with Gasteiger partial charge in [0, 0.05) is 17.8 Å². The molecule has 18 heavy (non-hydrogen) atoms. The van der Waals surface area contributed by atoms with E-state index in [1.165, 1.54) is 12.5 Å². The number of alkyl halides is 2. The minimum atomic E-state index is -2.39. The highest BCUT2D eigenvalue weighted by Crippen LogP contribution is 2.24. The average molecular weight is 254 g/mol. The fourth-order valence-corrected chi connectivity index (χ4v) is 2.39. The summed E-state index contributed by atoms with van der Waals surface area (Å²) in [7, 11) is 0. The molecule has 0 spiro atoms. The maximum Gasteiger partial charge on any atom is 0.263 e. The number of rotatable bonds is 5. The molecule has 1 unspecified atom stereocenters. The molecule has 1 atom stereocenters. The van der Waals surface area contributed by atoms with Crippen LogP contribution in [0.3, 0.4) is 0 Å². The largest absolute Gasteiger partial charge is 0.385 e. The first-order valence-corrected chi connectivity index (χ1v) is 6.50. The van der Waals surface area contributed by atoms with Crippen LogP contribution in [0.1, 0.15) is 30.4 Å². The lowest BCUT2D eigenvalue weighted by Gasteiger charge is -2.13. The van der Waals surface area contributed by atoms with E-state index in [1.54, 1.807) is 12.1 Å². The number of hydrogen-bond donors (Lipinski definition) is 2. The Morgan fingerprint density at radius 2 is 2.28 bits per heavy atom. The lowest BCUT2D eigenvalue weighted by molar-refractivity contribution is 0.151. The highest BCUT2D eigenvalue weighted by Gasteiger charge is 2.14. The Labute approximate surface area is 107 Å². The average Bonchev–Trinajstić information content (AvgIpc) is 2.84. The van der Waals surface area contributed by atoms with E-state index in [1.807, 2.05) is 6.92 Å². The Bertz CT molecular complexity index is 387. The van der Waals surface area contributed by atoms with Gasteiger partial charge >= 0.3 is 0 Å². The molecule has 1 aliphatic rings. The van der Waals surface area contributed by atoms with Crippen LogP contribution in [0, 0.1) is 12.8 Å². The van der Waals surface area contributed by atoms with Gasteiger partial charge < -0.3 is 10.6 Å². The number of aryl methyl sites for hydroxylation is 1. The molecule has 4 heteroatoms. The zero-order valence-corrected chi connectivity index (χ0v) is 10.7. The van der Waals surface area contributed by atoms with Gasteiger partial charge in [0.2, 0.25) is 0 Å². The Morgan fingerprint density at radius 3 is 2.89 bits per heavy atom. The van der Waals surface area contributed by atoms with E-state index in [9.17, 15) is 8.78 Å². The molecule has 1 fully saturated rings. The number of benzene rings is 1. The van der Waals surface area contributed by atoms with Crippen molar-refractivity contribution >= 4 is 5.69 Å². The number of nitrogens with one attached hydrogen (secondary N) is 2. The zero-order valence-electron chi connectivity index (χ0n) is 10.7. The maximum atomic E-state index is 12.5. The second kappa shape index (κ2) is 6.14. The number of halogens is 2. The molecule has 2 N–H and O–H groups in total. The van der Waals surface area contributed by atoms with Crippen LogP contribution in [-0.4, -0.2) is 19.6 Å². The van der Waals surface area contributed by atoms with Crippen LogP contribution in [0.25, 0.3) is 0 Å². The topological polar surface area (TPSA) is 24.1 Å². The molecule has 1 aromatic rings. The van der Waals surface area contributed by atoms with Crippen LogP contribution in [0.2, 0.25) is 0 Å². The lowest BCUT2D eigenvalue weighted by atomic mass is 10.0. The smallest absolute Gasteiger partial charge is 0.263 e. The molecule has 2 rings (SSSR count). The van der Waals surface area contributed by atoms with E-state index in [4.69, 9.17) is 0 Å². The fraction of sp³-hybridized carbons (Fsp3) is 0.571. The van der Waals surface area contributed by atoms with Crippen molar-refractivity contribution in [3.05, 3.63) is 29.3 Å². The Morgan fingerprint density at radius 1 is 1.44 bits per heavy atom. The van der Waals surface area contributed by atoms with Gasteiger partial charge in [-0.3, -0.25) is 0 Å². The molecule has 0 aliphatic carbocycles. The molecule has 0 amide bonds. The summed E-state index contributed by atoms with van der Waals surface area (Å²) in [6.45, 7) is 4.99. The molecule has 0 radical (unpaired) electrons. The summed E-state index contributed by atoms with van der Waals surface area (Å²) in [5, 5.41) is 6.67. The van der Waals surface area contributed by atoms with E-state index >= 15 is 0 Å². The molecule has 100 valence electrons. The second-order valence-corrected chi connectivity index (χ2v) is 4.95. The zero-order chi connectivity index (χ0) is 13.0. The number of hydrogen-bond acceptors (Lipinski definition) is 2. The van der Waals surface area contributed by atoms with Crippen molar-refractivity contribution in [3.63, 3.8) is 0 Å². The Hall–Kier alpha value is -1.16. The summed E-state index contributed by atoms with van der Waals surface area (Å²) in [6.07, 6.45) is -0.0177. The third-order valence-corrected chi connectivity index (χ3v) is 3.53. The van der Waals surface area contributed by atoms with Crippen LogP contribution >= 0.6 is 0 Å². The summed E-state index contributed by atoms with van der Waals surface area (Å²) >= 11 is 0. The van der Waals surface area contributed by atoms with Gasteiger partial charge in [-0.05, 0) is 56.5 Å². The van der Waals surface area contributed by atoms with Gasteiger partial charge in [0.05, 0.1) is 0 Å². The summed E-state index contributed by atoms with van der Waals surface area (Å²) in [5.74, 6) is 0.748. The minimum absolute atomic E-state index is 0.0954. The van der Waals surface area contributed by atoms with Gasteiger partial charge in [-0.1, -0.05) is 6.07 Å². The van der Waals surface area contributed by atoms with Crippen molar-refractivity contribution in [2.24, 2.45) is 5.92 Å². The van der Waals surface area contributed by atoms with Gasteiger partial charge in [-0.15, -0.1) is 0 Å². The van der Waals surface area contributed by atoms with Crippen molar-refractivity contribution in [1.82, 2.24) is 5.32 Å². The van der Waals surface area contributed by atoms with E-state index in [2.05, 4.69) is 10.6 Å². The molecule has 0 saturated carbocycles. The van der Waals surface area contributed by atoms with E-state index < -0.39 is 6.43 Å². The van der Waals surface area contributed by atoms with Crippen molar-refractivity contribution in [1.29, 1.82) is 0 Å². The van der Waals surface area contributed by atoms with Gasteiger partial charge in [0.1, 0.15) is 0 Å². The standard InChI is InChI=1S/C14H20F2N2/c1-10-8-12(14(15)16)2-3-13(10)18-7-5-11-4-6-17-9-11/h2-3,8,11,14,17-18H,4-7,9H2,1H3. The first-order chi connectivity index (χ1) is 8.66. The highest BCUT2D eigenvalue weighted by atomic mass is 19.3. The van der Waals surface area contributed by atoms with Crippen LogP contribution in [0.5, 0.6) is 0 Å².